The molecular formula is C21H26N2O3S. The van der Waals surface area contributed by atoms with Gasteiger partial charge in [0.05, 0.1) is 4.90 Å². The van der Waals surface area contributed by atoms with Crippen LogP contribution in [0.4, 0.5) is 0 Å². The van der Waals surface area contributed by atoms with Gasteiger partial charge in [0.2, 0.25) is 10.0 Å². The minimum Gasteiger partial charge on any atom is -0.334 e. The highest BCUT2D eigenvalue weighted by Crippen LogP contribution is 2.25. The van der Waals surface area contributed by atoms with Crippen molar-refractivity contribution in [2.45, 2.75) is 44.7 Å². The predicted octanol–water partition coefficient (Wildman–Crippen LogP) is 3.22. The maximum Gasteiger partial charge on any atom is 0.254 e. The first kappa shape index (κ1) is 19.6. The van der Waals surface area contributed by atoms with Crippen LogP contribution < -0.4 is 0 Å². The lowest BCUT2D eigenvalue weighted by molar-refractivity contribution is 0.0734. The summed E-state index contributed by atoms with van der Waals surface area (Å²) in [6.45, 7) is 6.76. The Bertz CT molecular complexity index is 967. The maximum atomic E-state index is 12.8. The van der Waals surface area contributed by atoms with Gasteiger partial charge in [-0.3, -0.25) is 4.79 Å². The van der Waals surface area contributed by atoms with E-state index in [1.165, 1.54) is 4.31 Å². The van der Waals surface area contributed by atoms with E-state index in [0.29, 0.717) is 30.0 Å². The van der Waals surface area contributed by atoms with Crippen LogP contribution in [0.1, 0.15) is 40.9 Å². The number of hydrogen-bond donors (Lipinski definition) is 0. The molecule has 3 rings (SSSR count). The third-order valence-corrected chi connectivity index (χ3v) is 7.18. The molecule has 1 heterocycles. The van der Waals surface area contributed by atoms with Gasteiger partial charge in [0, 0.05) is 31.7 Å². The summed E-state index contributed by atoms with van der Waals surface area (Å²) in [4.78, 5) is 14.9. The minimum atomic E-state index is -3.50. The number of rotatable bonds is 4. The minimum absolute atomic E-state index is 0.0144. The summed E-state index contributed by atoms with van der Waals surface area (Å²) in [5, 5.41) is 0. The average Bonchev–Trinajstić information content (AvgIpc) is 2.65. The van der Waals surface area contributed by atoms with Crippen LogP contribution in [0.25, 0.3) is 0 Å². The van der Waals surface area contributed by atoms with Crippen molar-refractivity contribution in [1.29, 1.82) is 0 Å². The van der Waals surface area contributed by atoms with Gasteiger partial charge in [-0.2, -0.15) is 4.31 Å². The number of hydrogen-bond acceptors (Lipinski definition) is 3. The van der Waals surface area contributed by atoms with Crippen molar-refractivity contribution in [2.75, 3.05) is 13.6 Å². The molecule has 0 N–H and O–H groups in total. The maximum absolute atomic E-state index is 12.8. The SMILES string of the molecule is Cc1cccc(C(=O)N2CCc3cc(S(=O)(=O)N(C)C(C)C)ccc3C2)c1. The Kier molecular flexibility index (Phi) is 5.40. The van der Waals surface area contributed by atoms with Crippen LogP contribution in [-0.2, 0) is 23.0 Å². The molecule has 144 valence electrons. The molecule has 0 unspecified atom stereocenters. The fourth-order valence-electron chi connectivity index (χ4n) is 3.27. The van der Waals surface area contributed by atoms with E-state index in [-0.39, 0.29) is 11.9 Å². The standard InChI is InChI=1S/C21H26N2O3S/c1-15(2)22(4)27(25,26)20-9-8-19-14-23(11-10-17(19)13-20)21(24)18-7-5-6-16(3)12-18/h5-9,12-13,15H,10-11,14H2,1-4H3. The summed E-state index contributed by atoms with van der Waals surface area (Å²) in [6, 6.07) is 12.7. The molecule has 27 heavy (non-hydrogen) atoms. The molecule has 0 saturated carbocycles. The molecular weight excluding hydrogens is 360 g/mol. The van der Waals surface area contributed by atoms with Crippen molar-refractivity contribution < 1.29 is 13.2 Å². The first-order valence-corrected chi connectivity index (χ1v) is 10.6. The number of fused-ring (bicyclic) bond motifs is 1. The number of carbonyl (C=O) groups excluding carboxylic acids is 1. The molecule has 2 aromatic carbocycles. The van der Waals surface area contributed by atoms with Gasteiger partial charge < -0.3 is 4.90 Å². The summed E-state index contributed by atoms with van der Waals surface area (Å²) in [5.41, 5.74) is 3.76. The number of nitrogens with zero attached hydrogens (tertiary/aromatic N) is 2. The zero-order valence-electron chi connectivity index (χ0n) is 16.3. The van der Waals surface area contributed by atoms with E-state index in [1.807, 2.05) is 56.0 Å². The van der Waals surface area contributed by atoms with Crippen LogP contribution in [0, 0.1) is 6.92 Å². The Morgan fingerprint density at radius 2 is 1.85 bits per heavy atom. The van der Waals surface area contributed by atoms with Gasteiger partial charge in [-0.05, 0) is 62.6 Å². The van der Waals surface area contributed by atoms with Crippen molar-refractivity contribution in [3.63, 3.8) is 0 Å². The van der Waals surface area contributed by atoms with Crippen molar-refractivity contribution >= 4 is 15.9 Å². The molecule has 0 saturated heterocycles. The average molecular weight is 387 g/mol. The fourth-order valence-corrected chi connectivity index (χ4v) is 4.69. The van der Waals surface area contributed by atoms with E-state index in [4.69, 9.17) is 0 Å². The Balaban J connectivity index is 1.83. The second-order valence-corrected chi connectivity index (χ2v) is 9.39. The quantitative estimate of drug-likeness (QED) is 0.811. The first-order valence-electron chi connectivity index (χ1n) is 9.16. The fraction of sp³-hybridized carbons (Fsp3) is 0.381. The topological polar surface area (TPSA) is 57.7 Å². The number of aryl methyl sites for hydroxylation is 1. The third kappa shape index (κ3) is 3.92. The van der Waals surface area contributed by atoms with Crippen molar-refractivity contribution in [3.8, 4) is 0 Å². The molecule has 5 nitrogen and oxygen atoms in total. The second kappa shape index (κ2) is 7.44. The zero-order valence-corrected chi connectivity index (χ0v) is 17.1. The van der Waals surface area contributed by atoms with E-state index in [9.17, 15) is 13.2 Å². The lowest BCUT2D eigenvalue weighted by Crippen LogP contribution is -2.36. The second-order valence-electron chi connectivity index (χ2n) is 7.39. The summed E-state index contributed by atoms with van der Waals surface area (Å²) in [5.74, 6) is 0.0144. The number of carbonyl (C=O) groups is 1. The van der Waals surface area contributed by atoms with Crippen LogP contribution in [0.5, 0.6) is 0 Å². The first-order chi connectivity index (χ1) is 12.7. The summed E-state index contributed by atoms with van der Waals surface area (Å²) in [6.07, 6.45) is 0.654. The van der Waals surface area contributed by atoms with Crippen LogP contribution >= 0.6 is 0 Å². The summed E-state index contributed by atoms with van der Waals surface area (Å²) >= 11 is 0. The zero-order chi connectivity index (χ0) is 19.8. The van der Waals surface area contributed by atoms with Crippen LogP contribution in [0.15, 0.2) is 47.4 Å². The predicted molar refractivity (Wildman–Crippen MR) is 106 cm³/mol. The normalized spacial score (nSPS) is 14.5. The van der Waals surface area contributed by atoms with Gasteiger partial charge in [-0.25, -0.2) is 8.42 Å². The molecule has 0 aliphatic carbocycles. The molecule has 0 fully saturated rings. The van der Waals surface area contributed by atoms with Gasteiger partial charge >= 0.3 is 0 Å². The van der Waals surface area contributed by atoms with E-state index in [1.54, 1.807) is 19.2 Å². The van der Waals surface area contributed by atoms with E-state index in [0.717, 1.165) is 16.7 Å². The molecule has 2 aromatic rings. The van der Waals surface area contributed by atoms with Gasteiger partial charge in [-0.1, -0.05) is 23.8 Å². The molecule has 1 amide bonds. The number of benzene rings is 2. The third-order valence-electron chi connectivity index (χ3n) is 5.15. The highest BCUT2D eigenvalue weighted by molar-refractivity contribution is 7.89. The highest BCUT2D eigenvalue weighted by atomic mass is 32.2. The monoisotopic (exact) mass is 386 g/mol. The molecule has 0 spiro atoms. The van der Waals surface area contributed by atoms with Crippen LogP contribution in [-0.4, -0.2) is 43.2 Å². The van der Waals surface area contributed by atoms with Crippen LogP contribution in [0.3, 0.4) is 0 Å². The molecule has 1 aliphatic rings. The molecule has 0 bridgehead atoms. The highest BCUT2D eigenvalue weighted by Gasteiger charge is 2.26. The largest absolute Gasteiger partial charge is 0.334 e. The Morgan fingerprint density at radius 3 is 2.52 bits per heavy atom. The lowest BCUT2D eigenvalue weighted by atomic mass is 9.99. The summed E-state index contributed by atoms with van der Waals surface area (Å²) in [7, 11) is -1.90. The van der Waals surface area contributed by atoms with Crippen molar-refractivity contribution in [1.82, 2.24) is 9.21 Å². The summed E-state index contributed by atoms with van der Waals surface area (Å²) < 4.78 is 26.8. The van der Waals surface area contributed by atoms with E-state index >= 15 is 0 Å². The molecule has 0 aromatic heterocycles. The Hall–Kier alpha value is -2.18. The van der Waals surface area contributed by atoms with E-state index in [2.05, 4.69) is 0 Å². The van der Waals surface area contributed by atoms with Gasteiger partial charge in [0.25, 0.3) is 5.91 Å². The number of amides is 1. The number of sulfonamides is 1. The van der Waals surface area contributed by atoms with Crippen molar-refractivity contribution in [2.24, 2.45) is 0 Å². The van der Waals surface area contributed by atoms with Crippen molar-refractivity contribution in [3.05, 3.63) is 64.7 Å². The Morgan fingerprint density at radius 1 is 1.11 bits per heavy atom. The molecule has 0 radical (unpaired) electrons. The van der Waals surface area contributed by atoms with Gasteiger partial charge in [-0.15, -0.1) is 0 Å². The molecule has 1 aliphatic heterocycles. The van der Waals surface area contributed by atoms with Gasteiger partial charge in [0.1, 0.15) is 0 Å². The molecule has 6 heteroatoms. The Labute approximate surface area is 161 Å². The van der Waals surface area contributed by atoms with Gasteiger partial charge in [0.15, 0.2) is 0 Å². The smallest absolute Gasteiger partial charge is 0.254 e. The van der Waals surface area contributed by atoms with E-state index < -0.39 is 10.0 Å². The van der Waals surface area contributed by atoms with Crippen LogP contribution in [0.2, 0.25) is 0 Å². The lowest BCUT2D eigenvalue weighted by Gasteiger charge is -2.30. The molecule has 0 atom stereocenters.